The molecular formula is C14H16ClNO2S. The summed E-state index contributed by atoms with van der Waals surface area (Å²) < 4.78 is 5.43. The predicted molar refractivity (Wildman–Crippen MR) is 77.8 cm³/mol. The quantitative estimate of drug-likeness (QED) is 0.855. The van der Waals surface area contributed by atoms with E-state index in [0.29, 0.717) is 5.76 Å². The molecule has 3 nitrogen and oxygen atoms in total. The van der Waals surface area contributed by atoms with Crippen LogP contribution in [-0.2, 0) is 5.54 Å². The van der Waals surface area contributed by atoms with Crippen LogP contribution in [0.4, 0.5) is 0 Å². The van der Waals surface area contributed by atoms with Gasteiger partial charge in [0.05, 0.1) is 10.9 Å². The molecule has 5 heteroatoms. The first-order valence-corrected chi connectivity index (χ1v) is 7.32. The van der Waals surface area contributed by atoms with Crippen molar-refractivity contribution in [2.45, 2.75) is 31.7 Å². The van der Waals surface area contributed by atoms with E-state index in [1.54, 1.807) is 30.4 Å². The minimum atomic E-state index is -0.426. The topological polar surface area (TPSA) is 42.2 Å². The Kier molecular flexibility index (Phi) is 4.02. The van der Waals surface area contributed by atoms with Crippen molar-refractivity contribution in [3.05, 3.63) is 46.0 Å². The molecule has 0 saturated heterocycles. The Morgan fingerprint density at radius 2 is 2.16 bits per heavy atom. The summed E-state index contributed by atoms with van der Waals surface area (Å²) in [5.74, 6) is 0.648. The molecule has 1 atom stereocenters. The van der Waals surface area contributed by atoms with Crippen LogP contribution < -0.4 is 5.32 Å². The highest BCUT2D eigenvalue weighted by molar-refractivity contribution is 7.10. The minimum Gasteiger partial charge on any atom is -0.454 e. The molecule has 0 bridgehead atoms. The van der Waals surface area contributed by atoms with Crippen molar-refractivity contribution in [2.75, 3.05) is 0 Å². The molecule has 0 spiro atoms. The second-order valence-electron chi connectivity index (χ2n) is 4.87. The number of halogens is 1. The van der Waals surface area contributed by atoms with Gasteiger partial charge in [0.1, 0.15) is 5.76 Å². The fraction of sp³-hybridized carbons (Fsp3) is 0.357. The monoisotopic (exact) mass is 297 g/mol. The van der Waals surface area contributed by atoms with Crippen LogP contribution in [0, 0.1) is 0 Å². The largest absolute Gasteiger partial charge is 0.454 e. The number of carbonyl (C=O) groups is 1. The molecule has 0 radical (unpaired) electrons. The highest BCUT2D eigenvalue weighted by Gasteiger charge is 2.26. The number of amides is 1. The lowest BCUT2D eigenvalue weighted by atomic mass is 10.0. The average molecular weight is 298 g/mol. The predicted octanol–water partition coefficient (Wildman–Crippen LogP) is 4.31. The summed E-state index contributed by atoms with van der Waals surface area (Å²) in [6.45, 7) is 5.73. The SMILES string of the molecule is CC(Cl)c1ccc(C(=O)NC(C)(C)c2cccs2)o1. The lowest BCUT2D eigenvalue weighted by molar-refractivity contribution is 0.0883. The molecule has 0 fully saturated rings. The number of thiophene rings is 1. The summed E-state index contributed by atoms with van der Waals surface area (Å²) in [5.41, 5.74) is -0.426. The van der Waals surface area contributed by atoms with Gasteiger partial charge in [0.25, 0.3) is 5.91 Å². The second-order valence-corrected chi connectivity index (χ2v) is 6.48. The molecule has 0 aliphatic carbocycles. The molecule has 0 aliphatic heterocycles. The summed E-state index contributed by atoms with van der Waals surface area (Å²) in [4.78, 5) is 13.2. The molecule has 0 saturated carbocycles. The standard InChI is InChI=1S/C14H16ClNO2S/c1-9(15)10-6-7-11(18-10)13(17)16-14(2,3)12-5-4-8-19-12/h4-9H,1-3H3,(H,16,17). The Labute approximate surface area is 121 Å². The summed E-state index contributed by atoms with van der Waals surface area (Å²) in [6.07, 6.45) is 0. The molecule has 2 heterocycles. The molecular weight excluding hydrogens is 282 g/mol. The molecule has 2 aromatic rings. The number of nitrogens with one attached hydrogen (secondary N) is 1. The van der Waals surface area contributed by atoms with Crippen molar-refractivity contribution < 1.29 is 9.21 Å². The van der Waals surface area contributed by atoms with Gasteiger partial charge in [0.2, 0.25) is 0 Å². The number of carbonyl (C=O) groups excluding carboxylic acids is 1. The van der Waals surface area contributed by atoms with E-state index in [0.717, 1.165) is 4.88 Å². The van der Waals surface area contributed by atoms with Crippen LogP contribution in [0.2, 0.25) is 0 Å². The molecule has 19 heavy (non-hydrogen) atoms. The fourth-order valence-electron chi connectivity index (χ4n) is 1.73. The highest BCUT2D eigenvalue weighted by atomic mass is 35.5. The highest BCUT2D eigenvalue weighted by Crippen LogP contribution is 2.26. The van der Waals surface area contributed by atoms with Crippen LogP contribution in [-0.4, -0.2) is 5.91 Å². The Hall–Kier alpha value is -1.26. The van der Waals surface area contributed by atoms with Gasteiger partial charge in [-0.2, -0.15) is 0 Å². The fourth-order valence-corrected chi connectivity index (χ4v) is 2.65. The van der Waals surface area contributed by atoms with Crippen molar-refractivity contribution in [1.29, 1.82) is 0 Å². The number of hydrogen-bond acceptors (Lipinski definition) is 3. The van der Waals surface area contributed by atoms with Crippen molar-refractivity contribution >= 4 is 28.8 Å². The molecule has 1 unspecified atom stereocenters. The first-order valence-electron chi connectivity index (χ1n) is 6.00. The zero-order valence-electron chi connectivity index (χ0n) is 11.1. The Morgan fingerprint density at radius 3 is 2.68 bits per heavy atom. The molecule has 0 aliphatic rings. The molecule has 102 valence electrons. The minimum absolute atomic E-state index is 0.234. The average Bonchev–Trinajstić information content (AvgIpc) is 3.00. The second kappa shape index (κ2) is 5.39. The van der Waals surface area contributed by atoms with Crippen LogP contribution in [0.25, 0.3) is 0 Å². The third-order valence-corrected chi connectivity index (χ3v) is 4.21. The third-order valence-electron chi connectivity index (χ3n) is 2.81. The van der Waals surface area contributed by atoms with E-state index in [1.807, 2.05) is 31.4 Å². The summed E-state index contributed by atoms with van der Waals surface area (Å²) in [6, 6.07) is 7.34. The zero-order chi connectivity index (χ0) is 14.0. The summed E-state index contributed by atoms with van der Waals surface area (Å²) in [5, 5.41) is 4.71. The van der Waals surface area contributed by atoms with Gasteiger partial charge in [-0.1, -0.05) is 6.07 Å². The van der Waals surface area contributed by atoms with Crippen molar-refractivity contribution in [2.24, 2.45) is 0 Å². The lowest BCUT2D eigenvalue weighted by Crippen LogP contribution is -2.40. The van der Waals surface area contributed by atoms with Crippen molar-refractivity contribution in [3.63, 3.8) is 0 Å². The van der Waals surface area contributed by atoms with E-state index in [1.165, 1.54) is 0 Å². The van der Waals surface area contributed by atoms with E-state index < -0.39 is 5.54 Å². The van der Waals surface area contributed by atoms with E-state index >= 15 is 0 Å². The van der Waals surface area contributed by atoms with E-state index in [4.69, 9.17) is 16.0 Å². The number of rotatable bonds is 4. The molecule has 2 aromatic heterocycles. The molecule has 1 amide bonds. The molecule has 0 aromatic carbocycles. The normalized spacial score (nSPS) is 13.3. The number of alkyl halides is 1. The summed E-state index contributed by atoms with van der Waals surface area (Å²) in [7, 11) is 0. The Bertz CT molecular complexity index is 558. The summed E-state index contributed by atoms with van der Waals surface area (Å²) >= 11 is 7.52. The van der Waals surface area contributed by atoms with Gasteiger partial charge in [0.15, 0.2) is 5.76 Å². The van der Waals surface area contributed by atoms with Gasteiger partial charge in [-0.25, -0.2) is 0 Å². The van der Waals surface area contributed by atoms with Gasteiger partial charge in [0, 0.05) is 4.88 Å². The molecule has 2 rings (SSSR count). The van der Waals surface area contributed by atoms with Gasteiger partial charge < -0.3 is 9.73 Å². The van der Waals surface area contributed by atoms with Crippen molar-refractivity contribution in [3.8, 4) is 0 Å². The maximum absolute atomic E-state index is 12.1. The zero-order valence-corrected chi connectivity index (χ0v) is 12.6. The maximum Gasteiger partial charge on any atom is 0.287 e. The molecule has 1 N–H and O–H groups in total. The van der Waals surface area contributed by atoms with Gasteiger partial charge in [-0.3, -0.25) is 4.79 Å². The van der Waals surface area contributed by atoms with Crippen molar-refractivity contribution in [1.82, 2.24) is 5.32 Å². The maximum atomic E-state index is 12.1. The first kappa shape index (κ1) is 14.2. The number of hydrogen-bond donors (Lipinski definition) is 1. The third kappa shape index (κ3) is 3.19. The van der Waals surface area contributed by atoms with E-state index in [9.17, 15) is 4.79 Å². The Morgan fingerprint density at radius 1 is 1.42 bits per heavy atom. The van der Waals surface area contributed by atoms with Crippen LogP contribution in [0.5, 0.6) is 0 Å². The lowest BCUT2D eigenvalue weighted by Gasteiger charge is -2.24. The van der Waals surface area contributed by atoms with Crippen LogP contribution in [0.15, 0.2) is 34.1 Å². The van der Waals surface area contributed by atoms with Gasteiger partial charge >= 0.3 is 0 Å². The van der Waals surface area contributed by atoms with E-state index in [2.05, 4.69) is 5.32 Å². The van der Waals surface area contributed by atoms with Gasteiger partial charge in [-0.05, 0) is 44.4 Å². The van der Waals surface area contributed by atoms with Crippen LogP contribution in [0.1, 0.15) is 47.3 Å². The smallest absolute Gasteiger partial charge is 0.287 e. The Balaban J connectivity index is 2.12. The van der Waals surface area contributed by atoms with Crippen LogP contribution in [0.3, 0.4) is 0 Å². The van der Waals surface area contributed by atoms with Gasteiger partial charge in [-0.15, -0.1) is 22.9 Å². The van der Waals surface area contributed by atoms with E-state index in [-0.39, 0.29) is 17.0 Å². The van der Waals surface area contributed by atoms with Crippen LogP contribution >= 0.6 is 22.9 Å². The first-order chi connectivity index (χ1) is 8.90. The number of furan rings is 1.